The summed E-state index contributed by atoms with van der Waals surface area (Å²) in [6.45, 7) is 2.80. The molecular formula is C17H18O3. The molecule has 0 atom stereocenters. The summed E-state index contributed by atoms with van der Waals surface area (Å²) in [5.74, 6) is 1.45. The second-order valence-corrected chi connectivity index (χ2v) is 4.45. The van der Waals surface area contributed by atoms with Gasteiger partial charge in [0, 0.05) is 0 Å². The summed E-state index contributed by atoms with van der Waals surface area (Å²) in [5, 5.41) is 0. The Morgan fingerprint density at radius 3 is 2.35 bits per heavy atom. The number of aldehydes is 1. The van der Waals surface area contributed by atoms with Crippen LogP contribution in [0.3, 0.4) is 0 Å². The molecule has 0 aliphatic carbocycles. The molecule has 3 nitrogen and oxygen atoms in total. The van der Waals surface area contributed by atoms with Gasteiger partial charge in [-0.15, -0.1) is 0 Å². The molecule has 3 heteroatoms. The summed E-state index contributed by atoms with van der Waals surface area (Å²) in [6, 6.07) is 13.4. The van der Waals surface area contributed by atoms with Crippen molar-refractivity contribution in [3.05, 3.63) is 48.0 Å². The van der Waals surface area contributed by atoms with Gasteiger partial charge in [0.2, 0.25) is 0 Å². The number of benzene rings is 2. The molecule has 20 heavy (non-hydrogen) atoms. The van der Waals surface area contributed by atoms with Crippen molar-refractivity contribution in [3.63, 3.8) is 0 Å². The van der Waals surface area contributed by atoms with E-state index in [1.54, 1.807) is 13.2 Å². The van der Waals surface area contributed by atoms with Crippen molar-refractivity contribution in [3.8, 4) is 22.6 Å². The Kier molecular flexibility index (Phi) is 4.77. The minimum Gasteiger partial charge on any atom is -0.496 e. The third kappa shape index (κ3) is 3.18. The first kappa shape index (κ1) is 14.1. The van der Waals surface area contributed by atoms with E-state index in [1.165, 1.54) is 0 Å². The molecule has 0 saturated carbocycles. The van der Waals surface area contributed by atoms with Gasteiger partial charge < -0.3 is 9.47 Å². The van der Waals surface area contributed by atoms with Gasteiger partial charge in [-0.1, -0.05) is 25.1 Å². The lowest BCUT2D eigenvalue weighted by Crippen LogP contribution is -1.94. The summed E-state index contributed by atoms with van der Waals surface area (Å²) < 4.78 is 10.7. The average molecular weight is 270 g/mol. The summed E-state index contributed by atoms with van der Waals surface area (Å²) in [6.07, 6.45) is 1.80. The van der Waals surface area contributed by atoms with Crippen LogP contribution in [0.15, 0.2) is 42.5 Å². The van der Waals surface area contributed by atoms with Crippen molar-refractivity contribution in [2.24, 2.45) is 0 Å². The highest BCUT2D eigenvalue weighted by Crippen LogP contribution is 2.27. The van der Waals surface area contributed by atoms with Crippen LogP contribution in [-0.4, -0.2) is 20.0 Å². The second kappa shape index (κ2) is 6.75. The second-order valence-electron chi connectivity index (χ2n) is 4.45. The molecule has 0 spiro atoms. The molecule has 0 amide bonds. The highest BCUT2D eigenvalue weighted by Gasteiger charge is 2.05. The fourth-order valence-electron chi connectivity index (χ4n) is 1.97. The molecule has 0 unspecified atom stereocenters. The highest BCUT2D eigenvalue weighted by molar-refractivity contribution is 5.83. The van der Waals surface area contributed by atoms with Crippen molar-refractivity contribution in [1.29, 1.82) is 0 Å². The van der Waals surface area contributed by atoms with Crippen molar-refractivity contribution in [1.82, 2.24) is 0 Å². The number of methoxy groups -OCH3 is 1. The van der Waals surface area contributed by atoms with E-state index in [0.29, 0.717) is 11.3 Å². The molecule has 0 bridgehead atoms. The van der Waals surface area contributed by atoms with Crippen LogP contribution in [0.5, 0.6) is 11.5 Å². The van der Waals surface area contributed by atoms with Gasteiger partial charge in [-0.25, -0.2) is 0 Å². The molecular weight excluding hydrogens is 252 g/mol. The van der Waals surface area contributed by atoms with Gasteiger partial charge in [-0.2, -0.15) is 0 Å². The zero-order chi connectivity index (χ0) is 14.4. The molecule has 0 aliphatic heterocycles. The van der Waals surface area contributed by atoms with Gasteiger partial charge in [0.25, 0.3) is 0 Å². The Balaban J connectivity index is 2.25. The van der Waals surface area contributed by atoms with E-state index in [0.717, 1.165) is 36.2 Å². The lowest BCUT2D eigenvalue weighted by atomic mass is 10.0. The normalized spacial score (nSPS) is 10.1. The number of ether oxygens (including phenoxy) is 2. The van der Waals surface area contributed by atoms with Gasteiger partial charge in [0.1, 0.15) is 11.5 Å². The monoisotopic (exact) mass is 270 g/mol. The molecule has 0 N–H and O–H groups in total. The quantitative estimate of drug-likeness (QED) is 0.745. The van der Waals surface area contributed by atoms with Gasteiger partial charge in [-0.3, -0.25) is 4.79 Å². The molecule has 0 aliphatic rings. The Hall–Kier alpha value is -2.29. The topological polar surface area (TPSA) is 35.5 Å². The largest absolute Gasteiger partial charge is 0.496 e. The molecule has 2 aromatic rings. The highest BCUT2D eigenvalue weighted by atomic mass is 16.5. The van der Waals surface area contributed by atoms with Crippen LogP contribution in [0.25, 0.3) is 11.1 Å². The first-order valence-electron chi connectivity index (χ1n) is 6.65. The Labute approximate surface area is 119 Å². The van der Waals surface area contributed by atoms with E-state index in [9.17, 15) is 4.79 Å². The first-order valence-corrected chi connectivity index (χ1v) is 6.65. The van der Waals surface area contributed by atoms with Crippen LogP contribution in [0.1, 0.15) is 23.7 Å². The summed E-state index contributed by atoms with van der Waals surface area (Å²) in [7, 11) is 1.56. The van der Waals surface area contributed by atoms with Crippen LogP contribution < -0.4 is 9.47 Å². The maximum absolute atomic E-state index is 11.0. The predicted molar refractivity (Wildman–Crippen MR) is 79.6 cm³/mol. The first-order chi connectivity index (χ1) is 9.78. The maximum atomic E-state index is 11.0. The van der Waals surface area contributed by atoms with E-state index in [-0.39, 0.29) is 0 Å². The van der Waals surface area contributed by atoms with Gasteiger partial charge in [-0.05, 0) is 41.8 Å². The predicted octanol–water partition coefficient (Wildman–Crippen LogP) is 3.96. The van der Waals surface area contributed by atoms with Crippen molar-refractivity contribution >= 4 is 6.29 Å². The zero-order valence-electron chi connectivity index (χ0n) is 11.8. The smallest absolute Gasteiger partial charge is 0.153 e. The Morgan fingerprint density at radius 1 is 1.05 bits per heavy atom. The number of carbonyl (C=O) groups is 1. The zero-order valence-corrected chi connectivity index (χ0v) is 11.8. The Bertz CT molecular complexity index is 573. The van der Waals surface area contributed by atoms with Crippen molar-refractivity contribution < 1.29 is 14.3 Å². The van der Waals surface area contributed by atoms with E-state index in [4.69, 9.17) is 9.47 Å². The average Bonchev–Trinajstić information content (AvgIpc) is 2.52. The summed E-state index contributed by atoms with van der Waals surface area (Å²) >= 11 is 0. The minimum absolute atomic E-state index is 0.552. The van der Waals surface area contributed by atoms with E-state index < -0.39 is 0 Å². The van der Waals surface area contributed by atoms with Gasteiger partial charge in [0.05, 0.1) is 19.3 Å². The number of hydrogen-bond acceptors (Lipinski definition) is 3. The third-order valence-electron chi connectivity index (χ3n) is 3.02. The Morgan fingerprint density at radius 2 is 1.75 bits per heavy atom. The maximum Gasteiger partial charge on any atom is 0.153 e. The summed E-state index contributed by atoms with van der Waals surface area (Å²) in [5.41, 5.74) is 2.57. The molecule has 104 valence electrons. The molecule has 0 heterocycles. The van der Waals surface area contributed by atoms with Gasteiger partial charge in [0.15, 0.2) is 6.29 Å². The van der Waals surface area contributed by atoms with Gasteiger partial charge >= 0.3 is 0 Å². The van der Waals surface area contributed by atoms with Crippen LogP contribution in [0, 0.1) is 0 Å². The van der Waals surface area contributed by atoms with Crippen molar-refractivity contribution in [2.75, 3.05) is 13.7 Å². The molecule has 0 aromatic heterocycles. The number of carbonyl (C=O) groups excluding carboxylic acids is 1. The number of hydrogen-bond donors (Lipinski definition) is 0. The van der Waals surface area contributed by atoms with Crippen LogP contribution >= 0.6 is 0 Å². The molecule has 2 aromatic carbocycles. The fourth-order valence-corrected chi connectivity index (χ4v) is 1.97. The fraction of sp³-hybridized carbons (Fsp3) is 0.235. The lowest BCUT2D eigenvalue weighted by molar-refractivity contribution is 0.112. The minimum atomic E-state index is 0.552. The number of rotatable bonds is 6. The van der Waals surface area contributed by atoms with Crippen LogP contribution in [0.4, 0.5) is 0 Å². The molecule has 2 rings (SSSR count). The van der Waals surface area contributed by atoms with E-state index in [1.807, 2.05) is 36.4 Å². The molecule has 0 fully saturated rings. The van der Waals surface area contributed by atoms with E-state index >= 15 is 0 Å². The molecule has 0 saturated heterocycles. The third-order valence-corrected chi connectivity index (χ3v) is 3.02. The van der Waals surface area contributed by atoms with E-state index in [2.05, 4.69) is 6.92 Å². The lowest BCUT2D eigenvalue weighted by Gasteiger charge is -2.08. The SMILES string of the molecule is CCCOc1ccc(-c2ccc(OC)c(C=O)c2)cc1. The molecule has 0 radical (unpaired) electrons. The summed E-state index contributed by atoms with van der Waals surface area (Å²) in [4.78, 5) is 11.0. The van der Waals surface area contributed by atoms with Crippen molar-refractivity contribution in [2.45, 2.75) is 13.3 Å². The standard InChI is InChI=1S/C17H18O3/c1-3-10-20-16-7-4-13(5-8-16)14-6-9-17(19-2)15(11-14)12-18/h4-9,11-12H,3,10H2,1-2H3. The van der Waals surface area contributed by atoms with Crippen LogP contribution in [-0.2, 0) is 0 Å². The van der Waals surface area contributed by atoms with Crippen LogP contribution in [0.2, 0.25) is 0 Å².